The maximum atomic E-state index is 10.6. The van der Waals surface area contributed by atoms with E-state index in [4.69, 9.17) is 0 Å². The molecule has 0 saturated heterocycles. The van der Waals surface area contributed by atoms with Crippen molar-refractivity contribution < 1.29 is 5.17 Å². The molecule has 0 aliphatic carbocycles. The Bertz CT molecular complexity index is 103. The van der Waals surface area contributed by atoms with Crippen LogP contribution in [0.15, 0.2) is 12.3 Å². The maximum Gasteiger partial charge on any atom is 0.111 e. The third-order valence-electron chi connectivity index (χ3n) is 1.17. The molecular formula is C5H9N2O. The maximum absolute atomic E-state index is 10.6. The Balaban J connectivity index is 2.38. The van der Waals surface area contributed by atoms with Crippen LogP contribution < -0.4 is 5.17 Å². The van der Waals surface area contributed by atoms with Gasteiger partial charge >= 0.3 is 0 Å². The van der Waals surface area contributed by atoms with Crippen LogP contribution in [0.2, 0.25) is 0 Å². The molecule has 8 heavy (non-hydrogen) atoms. The van der Waals surface area contributed by atoms with Crippen LogP contribution in [0.5, 0.6) is 0 Å². The predicted octanol–water partition coefficient (Wildman–Crippen LogP) is -1.05. The lowest BCUT2D eigenvalue weighted by atomic mass is 10.6. The zero-order valence-electron chi connectivity index (χ0n) is 4.63. The third-order valence-corrected chi connectivity index (χ3v) is 1.17. The van der Waals surface area contributed by atoms with Crippen LogP contribution in [0, 0.1) is 12.1 Å². The summed E-state index contributed by atoms with van der Waals surface area (Å²) in [5.41, 5.74) is 0. The second-order valence-corrected chi connectivity index (χ2v) is 1.69. The molecule has 0 amide bonds. The van der Waals surface area contributed by atoms with Gasteiger partial charge in [-0.1, -0.05) is 0 Å². The summed E-state index contributed by atoms with van der Waals surface area (Å²) in [6.45, 7) is 4.90. The van der Waals surface area contributed by atoms with Gasteiger partial charge < -0.3 is 5.21 Å². The zero-order valence-corrected chi connectivity index (χ0v) is 4.63. The molecule has 1 radical (unpaired) electrons. The van der Waals surface area contributed by atoms with Crippen LogP contribution in [-0.4, -0.2) is 18.1 Å². The van der Waals surface area contributed by atoms with Gasteiger partial charge in [0.15, 0.2) is 0 Å². The first-order valence-electron chi connectivity index (χ1n) is 2.59. The molecule has 0 bridgehead atoms. The Morgan fingerprint density at radius 1 is 1.88 bits per heavy atom. The van der Waals surface area contributed by atoms with E-state index in [0.717, 1.165) is 6.54 Å². The van der Waals surface area contributed by atoms with E-state index in [1.165, 1.54) is 0 Å². The molecule has 1 atom stereocenters. The Kier molecular flexibility index (Phi) is 1.62. The standard InChI is InChI=1S/C5H9N2O/c1-2-6-4-3-5-7(6)8/h3,5,7H,1-2,4H2. The van der Waals surface area contributed by atoms with Crippen molar-refractivity contribution in [1.29, 1.82) is 0 Å². The van der Waals surface area contributed by atoms with Gasteiger partial charge in [-0.25, -0.2) is 0 Å². The second kappa shape index (κ2) is 2.26. The van der Waals surface area contributed by atoms with Gasteiger partial charge in [0.05, 0.1) is 6.54 Å². The average Bonchev–Trinajstić information content (AvgIpc) is 2.14. The van der Waals surface area contributed by atoms with Crippen molar-refractivity contribution in [3.8, 4) is 0 Å². The minimum Gasteiger partial charge on any atom is -0.608 e. The lowest BCUT2D eigenvalue weighted by molar-refractivity contribution is -0.915. The average molecular weight is 113 g/mol. The number of nitrogens with one attached hydrogen (secondary N) is 1. The highest BCUT2D eigenvalue weighted by Gasteiger charge is 2.09. The van der Waals surface area contributed by atoms with Crippen LogP contribution in [0.4, 0.5) is 0 Å². The summed E-state index contributed by atoms with van der Waals surface area (Å²) in [6, 6.07) is 0. The van der Waals surface area contributed by atoms with Crippen molar-refractivity contribution >= 4 is 0 Å². The molecule has 0 saturated carbocycles. The number of rotatable bonds is 1. The van der Waals surface area contributed by atoms with E-state index < -0.39 is 0 Å². The Labute approximate surface area is 48.7 Å². The van der Waals surface area contributed by atoms with Crippen molar-refractivity contribution in [2.75, 3.05) is 13.1 Å². The van der Waals surface area contributed by atoms with Gasteiger partial charge in [-0.05, 0) is 13.0 Å². The van der Waals surface area contributed by atoms with Gasteiger partial charge in [0.2, 0.25) is 0 Å². The van der Waals surface area contributed by atoms with Crippen molar-refractivity contribution in [3.05, 3.63) is 24.4 Å². The third kappa shape index (κ3) is 0.888. The largest absolute Gasteiger partial charge is 0.608 e. The quantitative estimate of drug-likeness (QED) is 0.440. The summed E-state index contributed by atoms with van der Waals surface area (Å²) < 4.78 is 0. The van der Waals surface area contributed by atoms with Gasteiger partial charge in [-0.3, -0.25) is 5.17 Å². The topological polar surface area (TPSA) is 30.7 Å². The first-order chi connectivity index (χ1) is 3.84. The first kappa shape index (κ1) is 5.75. The lowest BCUT2D eigenvalue weighted by Gasteiger charge is -2.23. The molecule has 45 valence electrons. The minimum absolute atomic E-state index is 0.0833. The highest BCUT2D eigenvalue weighted by atomic mass is 16.5. The summed E-state index contributed by atoms with van der Waals surface area (Å²) in [7, 11) is 0. The van der Waals surface area contributed by atoms with E-state index in [-0.39, 0.29) is 5.17 Å². The molecule has 1 heterocycles. The van der Waals surface area contributed by atoms with Crippen LogP contribution in [-0.2, 0) is 0 Å². The normalized spacial score (nSPS) is 29.5. The van der Waals surface area contributed by atoms with Gasteiger partial charge in [-0.2, -0.15) is 0 Å². The molecule has 1 N–H and O–H groups in total. The summed E-state index contributed by atoms with van der Waals surface area (Å²) in [5.74, 6) is 0. The van der Waals surface area contributed by atoms with Gasteiger partial charge in [0.25, 0.3) is 0 Å². The SMILES string of the molecule is [CH2]CN1CC=C[NH+]1[O-]. The number of quaternary nitrogens is 1. The molecule has 0 aromatic heterocycles. The van der Waals surface area contributed by atoms with Gasteiger partial charge in [0.1, 0.15) is 6.20 Å². The molecule has 3 nitrogen and oxygen atoms in total. The Morgan fingerprint density at radius 3 is 2.88 bits per heavy atom. The molecule has 0 spiro atoms. The smallest absolute Gasteiger partial charge is 0.111 e. The number of hydrogen-bond acceptors (Lipinski definition) is 2. The van der Waals surface area contributed by atoms with Gasteiger partial charge in [-0.15, -0.1) is 5.01 Å². The summed E-state index contributed by atoms with van der Waals surface area (Å²) in [6.07, 6.45) is 3.42. The summed E-state index contributed by atoms with van der Waals surface area (Å²) >= 11 is 0. The Morgan fingerprint density at radius 2 is 2.62 bits per heavy atom. The Hall–Kier alpha value is -0.380. The zero-order chi connectivity index (χ0) is 5.98. The minimum atomic E-state index is 0.0833. The van der Waals surface area contributed by atoms with E-state index in [9.17, 15) is 5.21 Å². The molecule has 1 rings (SSSR count). The summed E-state index contributed by atoms with van der Waals surface area (Å²) in [5, 5.41) is 12.4. The van der Waals surface area contributed by atoms with E-state index in [0.29, 0.717) is 6.54 Å². The molecule has 1 aliphatic heterocycles. The van der Waals surface area contributed by atoms with E-state index in [1.807, 2.05) is 6.08 Å². The second-order valence-electron chi connectivity index (χ2n) is 1.69. The van der Waals surface area contributed by atoms with Crippen LogP contribution in [0.25, 0.3) is 0 Å². The molecule has 1 unspecified atom stereocenters. The van der Waals surface area contributed by atoms with E-state index >= 15 is 0 Å². The number of nitrogens with zero attached hydrogens (tertiary/aromatic N) is 1. The highest BCUT2D eigenvalue weighted by molar-refractivity contribution is 4.79. The van der Waals surface area contributed by atoms with E-state index in [1.54, 1.807) is 11.2 Å². The van der Waals surface area contributed by atoms with Crippen LogP contribution >= 0.6 is 0 Å². The van der Waals surface area contributed by atoms with Crippen LogP contribution in [0.1, 0.15) is 0 Å². The highest BCUT2D eigenvalue weighted by Crippen LogP contribution is 1.82. The van der Waals surface area contributed by atoms with Crippen molar-refractivity contribution in [3.63, 3.8) is 0 Å². The molecule has 3 heteroatoms. The van der Waals surface area contributed by atoms with E-state index in [2.05, 4.69) is 6.92 Å². The molecule has 1 aliphatic rings. The molecule has 0 fully saturated rings. The first-order valence-corrected chi connectivity index (χ1v) is 2.59. The van der Waals surface area contributed by atoms with Gasteiger partial charge in [0, 0.05) is 6.54 Å². The fourth-order valence-electron chi connectivity index (χ4n) is 0.678. The fraction of sp³-hybridized carbons (Fsp3) is 0.400. The number of hydroxylamine groups is 1. The van der Waals surface area contributed by atoms with Crippen molar-refractivity contribution in [2.24, 2.45) is 0 Å². The molecule has 0 aromatic carbocycles. The summed E-state index contributed by atoms with van der Waals surface area (Å²) in [4.78, 5) is 0. The molecular weight excluding hydrogens is 104 g/mol. The number of hydrogen-bond donors (Lipinski definition) is 1. The predicted molar refractivity (Wildman–Crippen MR) is 30.4 cm³/mol. The fourth-order valence-corrected chi connectivity index (χ4v) is 0.678. The van der Waals surface area contributed by atoms with Crippen molar-refractivity contribution in [1.82, 2.24) is 5.01 Å². The molecule has 0 aromatic rings. The monoisotopic (exact) mass is 113 g/mol. The van der Waals surface area contributed by atoms with Crippen LogP contribution in [0.3, 0.4) is 0 Å². The van der Waals surface area contributed by atoms with Crippen molar-refractivity contribution in [2.45, 2.75) is 0 Å². The lowest BCUT2D eigenvalue weighted by Crippen LogP contribution is -3.08.